The van der Waals surface area contributed by atoms with E-state index < -0.39 is 0 Å². The van der Waals surface area contributed by atoms with Crippen molar-refractivity contribution in [3.8, 4) is 22.8 Å². The van der Waals surface area contributed by atoms with Crippen LogP contribution in [-0.4, -0.2) is 27.2 Å². The minimum atomic E-state index is 0.0428. The second-order valence-corrected chi connectivity index (χ2v) is 7.38. The van der Waals surface area contributed by atoms with Crippen LogP contribution in [0.3, 0.4) is 0 Å². The Kier molecular flexibility index (Phi) is 6.46. The van der Waals surface area contributed by atoms with Gasteiger partial charge >= 0.3 is 0 Å². The summed E-state index contributed by atoms with van der Waals surface area (Å²) in [4.78, 5) is 13.1. The Hall–Kier alpha value is -4.13. The monoisotopic (exact) mass is 427 g/mol. The van der Waals surface area contributed by atoms with Crippen LogP contribution in [0.15, 0.2) is 79.4 Å². The Labute approximate surface area is 187 Å². The van der Waals surface area contributed by atoms with Crippen molar-refractivity contribution in [2.24, 2.45) is 0 Å². The Balaban J connectivity index is 1.41. The number of methoxy groups -OCH3 is 1. The molecule has 0 spiro atoms. The van der Waals surface area contributed by atoms with Gasteiger partial charge < -0.3 is 20.5 Å². The first-order chi connectivity index (χ1) is 15.6. The second kappa shape index (κ2) is 9.78. The first-order valence-electron chi connectivity index (χ1n) is 10.3. The molecule has 32 heavy (non-hydrogen) atoms. The van der Waals surface area contributed by atoms with E-state index in [1.54, 1.807) is 36.8 Å². The van der Waals surface area contributed by atoms with Crippen molar-refractivity contribution in [1.82, 2.24) is 15.0 Å². The number of hydrogen-bond acceptors (Lipinski definition) is 7. The number of nitrogens with zero attached hydrogens (tertiary/aromatic N) is 3. The highest BCUT2D eigenvalue weighted by molar-refractivity contribution is 5.64. The number of ether oxygens (including phenoxy) is 1. The maximum absolute atomic E-state index is 9.81. The Morgan fingerprint density at radius 3 is 2.59 bits per heavy atom. The SMILES string of the molecule is COc1cc(-c2cncc(NC(C)c3ccc(NCc4cccnc4)cc3)n2)ccc1O. The second-order valence-electron chi connectivity index (χ2n) is 7.38. The molecule has 0 radical (unpaired) electrons. The molecule has 0 fully saturated rings. The van der Waals surface area contributed by atoms with Crippen LogP contribution >= 0.6 is 0 Å². The molecule has 2 aromatic heterocycles. The number of phenols is 1. The average Bonchev–Trinajstić information content (AvgIpc) is 2.84. The Bertz CT molecular complexity index is 1170. The molecule has 0 amide bonds. The van der Waals surface area contributed by atoms with Gasteiger partial charge in [-0.3, -0.25) is 9.97 Å². The van der Waals surface area contributed by atoms with Crippen molar-refractivity contribution in [2.45, 2.75) is 19.5 Å². The summed E-state index contributed by atoms with van der Waals surface area (Å²) in [6.45, 7) is 2.81. The summed E-state index contributed by atoms with van der Waals surface area (Å²) in [5.74, 6) is 1.15. The molecule has 4 rings (SSSR count). The average molecular weight is 428 g/mol. The number of rotatable bonds is 8. The molecule has 2 aromatic carbocycles. The summed E-state index contributed by atoms with van der Waals surface area (Å²) < 4.78 is 5.19. The van der Waals surface area contributed by atoms with Crippen molar-refractivity contribution >= 4 is 11.5 Å². The third-order valence-corrected chi connectivity index (χ3v) is 5.10. The van der Waals surface area contributed by atoms with Gasteiger partial charge in [-0.1, -0.05) is 18.2 Å². The molecule has 0 aliphatic heterocycles. The first-order valence-corrected chi connectivity index (χ1v) is 10.3. The van der Waals surface area contributed by atoms with Gasteiger partial charge in [0.1, 0.15) is 5.82 Å². The van der Waals surface area contributed by atoms with E-state index in [9.17, 15) is 5.11 Å². The number of pyridine rings is 1. The number of benzene rings is 2. The Morgan fingerprint density at radius 1 is 1.00 bits per heavy atom. The molecule has 2 heterocycles. The van der Waals surface area contributed by atoms with Crippen LogP contribution in [0.5, 0.6) is 11.5 Å². The van der Waals surface area contributed by atoms with Crippen molar-refractivity contribution in [3.05, 3.63) is 90.5 Å². The summed E-state index contributed by atoms with van der Waals surface area (Å²) in [6.07, 6.45) is 7.01. The lowest BCUT2D eigenvalue weighted by Crippen LogP contribution is -2.09. The topological polar surface area (TPSA) is 92.2 Å². The fourth-order valence-corrected chi connectivity index (χ4v) is 3.31. The van der Waals surface area contributed by atoms with E-state index in [0.29, 0.717) is 17.3 Å². The normalized spacial score (nSPS) is 11.6. The summed E-state index contributed by atoms with van der Waals surface area (Å²) in [5, 5.41) is 16.6. The number of aromatic hydroxyl groups is 1. The molecule has 7 nitrogen and oxygen atoms in total. The highest BCUT2D eigenvalue weighted by Gasteiger charge is 2.10. The number of hydrogen-bond donors (Lipinski definition) is 3. The van der Waals surface area contributed by atoms with Crippen LogP contribution in [0.4, 0.5) is 11.5 Å². The largest absolute Gasteiger partial charge is 0.504 e. The molecule has 1 atom stereocenters. The van der Waals surface area contributed by atoms with Crippen molar-refractivity contribution in [1.29, 1.82) is 0 Å². The summed E-state index contributed by atoms with van der Waals surface area (Å²) in [5.41, 5.74) is 4.82. The van der Waals surface area contributed by atoms with E-state index >= 15 is 0 Å². The van der Waals surface area contributed by atoms with Gasteiger partial charge in [0, 0.05) is 36.2 Å². The molecular formula is C25H25N5O2. The standard InChI is InChI=1S/C25H25N5O2/c1-17(19-5-8-21(9-6-19)28-14-18-4-3-11-26-13-18)29-25-16-27-15-22(30-25)20-7-10-23(31)24(12-20)32-2/h3-13,15-17,28,31H,14H2,1-2H3,(H,29,30). The van der Waals surface area contributed by atoms with E-state index in [1.807, 2.05) is 18.3 Å². The third kappa shape index (κ3) is 5.13. The lowest BCUT2D eigenvalue weighted by atomic mass is 10.1. The molecular weight excluding hydrogens is 402 g/mol. The molecule has 7 heteroatoms. The minimum absolute atomic E-state index is 0.0428. The van der Waals surface area contributed by atoms with Crippen LogP contribution < -0.4 is 15.4 Å². The molecule has 3 N–H and O–H groups in total. The summed E-state index contributed by atoms with van der Waals surface area (Å²) in [6, 6.07) is 17.4. The van der Waals surface area contributed by atoms with E-state index in [4.69, 9.17) is 4.74 Å². The van der Waals surface area contributed by atoms with Crippen molar-refractivity contribution in [2.75, 3.05) is 17.7 Å². The third-order valence-electron chi connectivity index (χ3n) is 5.10. The number of nitrogens with one attached hydrogen (secondary N) is 2. The van der Waals surface area contributed by atoms with Gasteiger partial charge in [0.2, 0.25) is 0 Å². The maximum Gasteiger partial charge on any atom is 0.161 e. The lowest BCUT2D eigenvalue weighted by Gasteiger charge is -2.16. The predicted molar refractivity (Wildman–Crippen MR) is 126 cm³/mol. The van der Waals surface area contributed by atoms with Gasteiger partial charge in [-0.2, -0.15) is 0 Å². The first kappa shape index (κ1) is 21.1. The van der Waals surface area contributed by atoms with Gasteiger partial charge in [-0.05, 0) is 54.4 Å². The zero-order chi connectivity index (χ0) is 22.3. The molecule has 4 aromatic rings. The molecule has 1 unspecified atom stereocenters. The zero-order valence-corrected chi connectivity index (χ0v) is 18.0. The van der Waals surface area contributed by atoms with E-state index in [-0.39, 0.29) is 11.8 Å². The van der Waals surface area contributed by atoms with E-state index in [0.717, 1.165) is 28.9 Å². The van der Waals surface area contributed by atoms with E-state index in [1.165, 1.54) is 7.11 Å². The zero-order valence-electron chi connectivity index (χ0n) is 18.0. The number of phenolic OH excluding ortho intramolecular Hbond substituents is 1. The summed E-state index contributed by atoms with van der Waals surface area (Å²) >= 11 is 0. The van der Waals surface area contributed by atoms with Crippen LogP contribution in [0.2, 0.25) is 0 Å². The Morgan fingerprint density at radius 2 is 1.84 bits per heavy atom. The molecule has 0 aliphatic rings. The van der Waals surface area contributed by atoms with Crippen LogP contribution in [0.1, 0.15) is 24.1 Å². The molecule has 0 bridgehead atoms. The number of anilines is 2. The summed E-state index contributed by atoms with van der Waals surface area (Å²) in [7, 11) is 1.52. The fourth-order valence-electron chi connectivity index (χ4n) is 3.31. The van der Waals surface area contributed by atoms with Crippen LogP contribution in [0.25, 0.3) is 11.3 Å². The van der Waals surface area contributed by atoms with Gasteiger partial charge in [0.05, 0.1) is 25.2 Å². The number of aromatic nitrogens is 3. The highest BCUT2D eigenvalue weighted by Crippen LogP contribution is 2.31. The quantitative estimate of drug-likeness (QED) is 0.363. The maximum atomic E-state index is 9.81. The smallest absolute Gasteiger partial charge is 0.161 e. The van der Waals surface area contributed by atoms with E-state index in [2.05, 4.69) is 56.8 Å². The predicted octanol–water partition coefficient (Wildman–Crippen LogP) is 5.04. The fraction of sp³-hybridized carbons (Fsp3) is 0.160. The van der Waals surface area contributed by atoms with Crippen molar-refractivity contribution < 1.29 is 9.84 Å². The molecule has 0 saturated carbocycles. The highest BCUT2D eigenvalue weighted by atomic mass is 16.5. The van der Waals surface area contributed by atoms with Crippen LogP contribution in [0, 0.1) is 0 Å². The van der Waals surface area contributed by atoms with Crippen LogP contribution in [-0.2, 0) is 6.54 Å². The van der Waals surface area contributed by atoms with Gasteiger partial charge in [0.15, 0.2) is 11.5 Å². The van der Waals surface area contributed by atoms with Gasteiger partial charge in [-0.25, -0.2) is 4.98 Å². The lowest BCUT2D eigenvalue weighted by molar-refractivity contribution is 0.373. The minimum Gasteiger partial charge on any atom is -0.504 e. The molecule has 0 aliphatic carbocycles. The molecule has 0 saturated heterocycles. The van der Waals surface area contributed by atoms with Gasteiger partial charge in [-0.15, -0.1) is 0 Å². The molecule has 162 valence electrons. The van der Waals surface area contributed by atoms with Crippen molar-refractivity contribution in [3.63, 3.8) is 0 Å². The van der Waals surface area contributed by atoms with Gasteiger partial charge in [0.25, 0.3) is 0 Å².